The fourth-order valence-electron chi connectivity index (χ4n) is 2.98. The van der Waals surface area contributed by atoms with Gasteiger partial charge in [-0.05, 0) is 61.0 Å². The summed E-state index contributed by atoms with van der Waals surface area (Å²) in [7, 11) is -4.02. The summed E-state index contributed by atoms with van der Waals surface area (Å²) in [5.41, 5.74) is 2.25. The summed E-state index contributed by atoms with van der Waals surface area (Å²) >= 11 is 7.53. The maximum atomic E-state index is 13.4. The van der Waals surface area contributed by atoms with Crippen LogP contribution in [-0.2, 0) is 20.6 Å². The molecule has 33 heavy (non-hydrogen) atoms. The first kappa shape index (κ1) is 25.1. The summed E-state index contributed by atoms with van der Waals surface area (Å²) in [5.74, 6) is 0.502. The largest absolute Gasteiger partial charge is 0.354 e. The number of nitrogens with zero attached hydrogens (tertiary/aromatic N) is 1. The Morgan fingerprint density at radius 1 is 1.00 bits per heavy atom. The van der Waals surface area contributed by atoms with Crippen molar-refractivity contribution in [1.82, 2.24) is 5.32 Å². The lowest BCUT2D eigenvalue weighted by Gasteiger charge is -2.24. The number of anilines is 1. The fraction of sp³-hybridized carbons (Fsp3) is 0.208. The molecular formula is C24H24ClFN2O3S2. The van der Waals surface area contributed by atoms with Gasteiger partial charge in [-0.25, -0.2) is 12.8 Å². The Labute approximate surface area is 203 Å². The Bertz CT molecular complexity index is 1170. The summed E-state index contributed by atoms with van der Waals surface area (Å²) in [6.07, 6.45) is 0. The molecule has 3 aromatic rings. The van der Waals surface area contributed by atoms with E-state index >= 15 is 0 Å². The summed E-state index contributed by atoms with van der Waals surface area (Å²) in [5, 5.41) is 3.44. The number of rotatable bonds is 10. The first-order valence-corrected chi connectivity index (χ1v) is 13.2. The maximum absolute atomic E-state index is 13.4. The van der Waals surface area contributed by atoms with Gasteiger partial charge in [0.15, 0.2) is 0 Å². The van der Waals surface area contributed by atoms with Crippen LogP contribution in [0.3, 0.4) is 0 Å². The van der Waals surface area contributed by atoms with Gasteiger partial charge in [-0.2, -0.15) is 11.8 Å². The summed E-state index contributed by atoms with van der Waals surface area (Å²) in [6, 6.07) is 18.9. The monoisotopic (exact) mass is 506 g/mol. The van der Waals surface area contributed by atoms with E-state index in [1.807, 2.05) is 31.2 Å². The van der Waals surface area contributed by atoms with Crippen molar-refractivity contribution in [2.24, 2.45) is 0 Å². The molecule has 0 saturated carbocycles. The van der Waals surface area contributed by atoms with Gasteiger partial charge in [-0.15, -0.1) is 0 Å². The Balaban J connectivity index is 1.63. The van der Waals surface area contributed by atoms with E-state index in [0.717, 1.165) is 33.3 Å². The van der Waals surface area contributed by atoms with Gasteiger partial charge in [-0.3, -0.25) is 9.10 Å². The number of amides is 1. The fourth-order valence-corrected chi connectivity index (χ4v) is 5.35. The Morgan fingerprint density at radius 2 is 1.64 bits per heavy atom. The highest BCUT2D eigenvalue weighted by Gasteiger charge is 2.27. The van der Waals surface area contributed by atoms with Crippen LogP contribution >= 0.6 is 23.4 Å². The Hall–Kier alpha value is -2.55. The third-order valence-electron chi connectivity index (χ3n) is 4.76. The molecule has 0 aromatic heterocycles. The molecule has 3 aromatic carbocycles. The number of sulfonamides is 1. The van der Waals surface area contributed by atoms with Crippen molar-refractivity contribution in [3.8, 4) is 0 Å². The van der Waals surface area contributed by atoms with Crippen LogP contribution in [0.25, 0.3) is 0 Å². The summed E-state index contributed by atoms with van der Waals surface area (Å²) in [4.78, 5) is 12.6. The van der Waals surface area contributed by atoms with Gasteiger partial charge in [0.1, 0.15) is 12.4 Å². The molecule has 1 amide bonds. The average molecular weight is 507 g/mol. The van der Waals surface area contributed by atoms with E-state index < -0.39 is 28.3 Å². The van der Waals surface area contributed by atoms with E-state index in [-0.39, 0.29) is 10.6 Å². The van der Waals surface area contributed by atoms with Crippen LogP contribution in [0.15, 0.2) is 77.7 Å². The first-order valence-electron chi connectivity index (χ1n) is 10.2. The second-order valence-electron chi connectivity index (χ2n) is 7.33. The minimum Gasteiger partial charge on any atom is -0.354 e. The van der Waals surface area contributed by atoms with Crippen LogP contribution in [0.2, 0.25) is 5.02 Å². The topological polar surface area (TPSA) is 66.5 Å². The highest BCUT2D eigenvalue weighted by Crippen LogP contribution is 2.24. The van der Waals surface area contributed by atoms with Crippen LogP contribution in [0, 0.1) is 12.7 Å². The van der Waals surface area contributed by atoms with Gasteiger partial charge in [0.2, 0.25) is 5.91 Å². The molecule has 0 spiro atoms. The van der Waals surface area contributed by atoms with Crippen LogP contribution < -0.4 is 9.62 Å². The molecule has 5 nitrogen and oxygen atoms in total. The van der Waals surface area contributed by atoms with Crippen molar-refractivity contribution in [3.05, 3.63) is 94.8 Å². The molecule has 0 bridgehead atoms. The predicted molar refractivity (Wildman–Crippen MR) is 133 cm³/mol. The van der Waals surface area contributed by atoms with Gasteiger partial charge < -0.3 is 5.32 Å². The molecule has 3 rings (SSSR count). The lowest BCUT2D eigenvalue weighted by Crippen LogP contribution is -2.41. The zero-order valence-electron chi connectivity index (χ0n) is 18.0. The lowest BCUT2D eigenvalue weighted by molar-refractivity contribution is -0.119. The highest BCUT2D eigenvalue weighted by molar-refractivity contribution is 7.98. The Morgan fingerprint density at radius 3 is 2.27 bits per heavy atom. The molecule has 0 aliphatic heterocycles. The standard InChI is InChI=1S/C24H24ClFN2O3S2/c1-18-2-12-23(13-3-18)33(30,31)28(22-10-8-21(26)9-11-22)16-24(29)27-14-15-32-17-19-4-6-20(25)7-5-19/h2-13H,14-17H2,1H3,(H,27,29). The molecule has 0 aliphatic rings. The number of aryl methyl sites for hydroxylation is 1. The number of hydrogen-bond donors (Lipinski definition) is 1. The van der Waals surface area contributed by atoms with E-state index in [0.29, 0.717) is 17.3 Å². The smallest absolute Gasteiger partial charge is 0.264 e. The van der Waals surface area contributed by atoms with Crippen LogP contribution in [0.5, 0.6) is 0 Å². The quantitative estimate of drug-likeness (QED) is 0.391. The van der Waals surface area contributed by atoms with Crippen molar-refractivity contribution in [1.29, 1.82) is 0 Å². The van der Waals surface area contributed by atoms with Crippen molar-refractivity contribution < 1.29 is 17.6 Å². The number of nitrogens with one attached hydrogen (secondary N) is 1. The number of carbonyl (C=O) groups excluding carboxylic acids is 1. The van der Waals surface area contributed by atoms with Gasteiger partial charge in [-0.1, -0.05) is 41.4 Å². The molecule has 1 N–H and O–H groups in total. The number of hydrogen-bond acceptors (Lipinski definition) is 4. The van der Waals surface area contributed by atoms with Crippen molar-refractivity contribution >= 4 is 45.0 Å². The van der Waals surface area contributed by atoms with Gasteiger partial charge in [0.05, 0.1) is 10.6 Å². The number of halogens is 2. The van der Waals surface area contributed by atoms with Crippen molar-refractivity contribution in [2.75, 3.05) is 23.1 Å². The van der Waals surface area contributed by atoms with Gasteiger partial charge in [0.25, 0.3) is 10.0 Å². The zero-order chi connectivity index (χ0) is 23.8. The normalized spacial score (nSPS) is 11.2. The highest BCUT2D eigenvalue weighted by atomic mass is 35.5. The minimum absolute atomic E-state index is 0.0590. The molecule has 0 unspecified atom stereocenters. The SMILES string of the molecule is Cc1ccc(S(=O)(=O)N(CC(=O)NCCSCc2ccc(Cl)cc2)c2ccc(F)cc2)cc1. The van der Waals surface area contributed by atoms with Crippen molar-refractivity contribution in [3.63, 3.8) is 0 Å². The Kier molecular flexibility index (Phi) is 8.77. The molecular weight excluding hydrogens is 483 g/mol. The van der Waals surface area contributed by atoms with Gasteiger partial charge >= 0.3 is 0 Å². The molecule has 0 saturated heterocycles. The zero-order valence-corrected chi connectivity index (χ0v) is 20.4. The van der Waals surface area contributed by atoms with E-state index in [4.69, 9.17) is 11.6 Å². The number of benzene rings is 3. The van der Waals surface area contributed by atoms with E-state index in [9.17, 15) is 17.6 Å². The van der Waals surface area contributed by atoms with E-state index in [1.54, 1.807) is 23.9 Å². The molecule has 0 aliphatic carbocycles. The number of carbonyl (C=O) groups is 1. The molecule has 0 fully saturated rings. The third-order valence-corrected chi connectivity index (χ3v) is 7.83. The number of thioether (sulfide) groups is 1. The predicted octanol–water partition coefficient (Wildman–Crippen LogP) is 5.03. The van der Waals surface area contributed by atoms with E-state index in [1.165, 1.54) is 24.3 Å². The second-order valence-corrected chi connectivity index (χ2v) is 10.7. The minimum atomic E-state index is -4.02. The maximum Gasteiger partial charge on any atom is 0.264 e. The molecule has 0 heterocycles. The summed E-state index contributed by atoms with van der Waals surface area (Å²) in [6.45, 7) is 1.83. The van der Waals surface area contributed by atoms with Crippen molar-refractivity contribution in [2.45, 2.75) is 17.6 Å². The lowest BCUT2D eigenvalue weighted by atomic mass is 10.2. The molecule has 0 atom stereocenters. The summed E-state index contributed by atoms with van der Waals surface area (Å²) < 4.78 is 40.9. The average Bonchev–Trinajstić information content (AvgIpc) is 2.79. The van der Waals surface area contributed by atoms with Crippen LogP contribution in [0.1, 0.15) is 11.1 Å². The third kappa shape index (κ3) is 7.22. The van der Waals surface area contributed by atoms with Crippen LogP contribution in [0.4, 0.5) is 10.1 Å². The molecule has 174 valence electrons. The molecule has 0 radical (unpaired) electrons. The van der Waals surface area contributed by atoms with Crippen LogP contribution in [-0.4, -0.2) is 33.2 Å². The van der Waals surface area contributed by atoms with E-state index in [2.05, 4.69) is 5.32 Å². The second kappa shape index (κ2) is 11.5. The first-order chi connectivity index (χ1) is 15.8. The van der Waals surface area contributed by atoms with Gasteiger partial charge in [0, 0.05) is 23.1 Å². The molecule has 9 heteroatoms.